The molecule has 3 saturated carbocycles. The van der Waals surface area contributed by atoms with Crippen LogP contribution in [0.25, 0.3) is 0 Å². The summed E-state index contributed by atoms with van der Waals surface area (Å²) in [5, 5.41) is 0. The molecule has 0 amide bonds. The first-order valence-electron chi connectivity index (χ1n) is 8.99. The van der Waals surface area contributed by atoms with Crippen LogP contribution in [0.1, 0.15) is 65.2 Å². The van der Waals surface area contributed by atoms with Crippen LogP contribution in [-0.2, 0) is 4.79 Å². The molecule has 0 aromatic carbocycles. The van der Waals surface area contributed by atoms with E-state index in [2.05, 4.69) is 19.9 Å². The molecule has 0 aromatic rings. The lowest BCUT2D eigenvalue weighted by Crippen LogP contribution is -2.54. The van der Waals surface area contributed by atoms with Gasteiger partial charge in [-0.3, -0.25) is 4.79 Å². The van der Waals surface area contributed by atoms with Crippen LogP contribution in [-0.4, -0.2) is 11.8 Å². The molecule has 0 aliphatic heterocycles. The van der Waals surface area contributed by atoms with Crippen molar-refractivity contribution in [1.29, 1.82) is 0 Å². The Morgan fingerprint density at radius 2 is 1.95 bits per heavy atom. The molecule has 0 spiro atoms. The summed E-state index contributed by atoms with van der Waals surface area (Å²) < 4.78 is 0. The molecule has 116 valence electrons. The number of fused-ring (bicyclic) bond motifs is 5. The third kappa shape index (κ3) is 1.66. The molecular formula is C19H29NO. The van der Waals surface area contributed by atoms with Crippen LogP contribution in [0.4, 0.5) is 0 Å². The van der Waals surface area contributed by atoms with E-state index in [1.807, 2.05) is 0 Å². The average molecular weight is 287 g/mol. The summed E-state index contributed by atoms with van der Waals surface area (Å²) in [6.07, 6.45) is 12.4. The van der Waals surface area contributed by atoms with Crippen LogP contribution in [0.5, 0.6) is 0 Å². The Bertz CT molecular complexity index is 510. The zero-order valence-corrected chi connectivity index (χ0v) is 13.5. The van der Waals surface area contributed by atoms with E-state index < -0.39 is 0 Å². The van der Waals surface area contributed by atoms with Gasteiger partial charge in [-0.1, -0.05) is 38.3 Å². The van der Waals surface area contributed by atoms with E-state index in [0.29, 0.717) is 23.0 Å². The molecule has 0 heterocycles. The molecule has 4 aliphatic carbocycles. The summed E-state index contributed by atoms with van der Waals surface area (Å²) in [6.45, 7) is 4.65. The predicted octanol–water partition coefficient (Wildman–Crippen LogP) is 3.85. The Morgan fingerprint density at radius 1 is 1.14 bits per heavy atom. The van der Waals surface area contributed by atoms with E-state index in [-0.39, 0.29) is 11.5 Å². The van der Waals surface area contributed by atoms with Crippen molar-refractivity contribution in [1.82, 2.24) is 0 Å². The third-order valence-electron chi connectivity index (χ3n) is 7.88. The van der Waals surface area contributed by atoms with Gasteiger partial charge in [0.2, 0.25) is 0 Å². The number of Topliss-reactive ketones (excluding diaryl/α,β-unsaturated/α-hetero) is 1. The molecule has 0 saturated heterocycles. The maximum atomic E-state index is 12.5. The largest absolute Gasteiger partial charge is 0.324 e. The van der Waals surface area contributed by atoms with E-state index in [0.717, 1.165) is 18.8 Å². The summed E-state index contributed by atoms with van der Waals surface area (Å²) >= 11 is 0. The van der Waals surface area contributed by atoms with Gasteiger partial charge in [-0.15, -0.1) is 0 Å². The van der Waals surface area contributed by atoms with E-state index in [4.69, 9.17) is 5.73 Å². The molecule has 0 bridgehead atoms. The second-order valence-electron chi connectivity index (χ2n) is 8.54. The Morgan fingerprint density at radius 3 is 2.76 bits per heavy atom. The number of hydrogen-bond donors (Lipinski definition) is 1. The van der Waals surface area contributed by atoms with Crippen LogP contribution >= 0.6 is 0 Å². The Hall–Kier alpha value is -0.630. The monoisotopic (exact) mass is 287 g/mol. The Labute approximate surface area is 128 Å². The Balaban J connectivity index is 1.79. The first kappa shape index (κ1) is 14.0. The smallest absolute Gasteiger partial charge is 0.140 e. The average Bonchev–Trinajstić information content (AvgIpc) is 2.77. The highest BCUT2D eigenvalue weighted by atomic mass is 16.1. The van der Waals surface area contributed by atoms with Crippen molar-refractivity contribution in [3.63, 3.8) is 0 Å². The first-order chi connectivity index (χ1) is 9.98. The number of rotatable bonds is 0. The molecule has 3 fully saturated rings. The van der Waals surface area contributed by atoms with Crippen LogP contribution in [0.15, 0.2) is 11.6 Å². The minimum Gasteiger partial charge on any atom is -0.324 e. The maximum Gasteiger partial charge on any atom is 0.140 e. The Kier molecular flexibility index (Phi) is 2.96. The lowest BCUT2D eigenvalue weighted by Gasteiger charge is -2.56. The summed E-state index contributed by atoms with van der Waals surface area (Å²) in [7, 11) is 0. The molecule has 6 unspecified atom stereocenters. The second kappa shape index (κ2) is 4.44. The zero-order valence-electron chi connectivity index (χ0n) is 13.5. The number of ketones is 1. The van der Waals surface area contributed by atoms with Gasteiger partial charge in [0.25, 0.3) is 0 Å². The van der Waals surface area contributed by atoms with Gasteiger partial charge in [-0.25, -0.2) is 0 Å². The molecule has 2 heteroatoms. The van der Waals surface area contributed by atoms with Gasteiger partial charge in [0, 0.05) is 17.9 Å². The fourth-order valence-electron chi connectivity index (χ4n) is 6.42. The predicted molar refractivity (Wildman–Crippen MR) is 84.7 cm³/mol. The fourth-order valence-corrected chi connectivity index (χ4v) is 6.42. The normalized spacial score (nSPS) is 52.7. The number of hydrogen-bond acceptors (Lipinski definition) is 2. The van der Waals surface area contributed by atoms with Crippen molar-refractivity contribution in [3.05, 3.63) is 11.6 Å². The van der Waals surface area contributed by atoms with Crippen molar-refractivity contribution in [2.45, 2.75) is 71.3 Å². The van der Waals surface area contributed by atoms with Gasteiger partial charge in [-0.05, 0) is 55.3 Å². The molecule has 4 rings (SSSR count). The molecular weight excluding hydrogens is 258 g/mol. The van der Waals surface area contributed by atoms with Crippen LogP contribution in [0, 0.1) is 28.6 Å². The SMILES string of the molecule is CC12CCCCC1CCC1C2=CC(N)C2(C)C(=O)CCC12. The molecule has 2 nitrogen and oxygen atoms in total. The van der Waals surface area contributed by atoms with Gasteiger partial charge in [-0.2, -0.15) is 0 Å². The summed E-state index contributed by atoms with van der Waals surface area (Å²) in [5.74, 6) is 2.44. The summed E-state index contributed by atoms with van der Waals surface area (Å²) in [4.78, 5) is 12.5. The molecule has 6 atom stereocenters. The van der Waals surface area contributed by atoms with Crippen molar-refractivity contribution >= 4 is 5.78 Å². The van der Waals surface area contributed by atoms with Crippen LogP contribution < -0.4 is 5.73 Å². The zero-order chi connectivity index (χ0) is 14.8. The quantitative estimate of drug-likeness (QED) is 0.688. The van der Waals surface area contributed by atoms with E-state index in [9.17, 15) is 4.79 Å². The van der Waals surface area contributed by atoms with Gasteiger partial charge in [0.1, 0.15) is 5.78 Å². The number of allylic oxidation sites excluding steroid dienone is 1. The van der Waals surface area contributed by atoms with Gasteiger partial charge >= 0.3 is 0 Å². The third-order valence-corrected chi connectivity index (χ3v) is 7.88. The minimum absolute atomic E-state index is 0.0544. The highest BCUT2D eigenvalue weighted by Crippen LogP contribution is 2.62. The van der Waals surface area contributed by atoms with Crippen LogP contribution in [0.2, 0.25) is 0 Å². The second-order valence-corrected chi connectivity index (χ2v) is 8.54. The minimum atomic E-state index is -0.272. The standard InChI is InChI=1S/C19H29NO/c1-18-10-4-3-5-12(18)6-7-13-14-8-9-17(21)19(14,2)16(20)11-15(13)18/h11-14,16H,3-10,20H2,1-2H3. The maximum absolute atomic E-state index is 12.5. The van der Waals surface area contributed by atoms with E-state index in [1.54, 1.807) is 5.57 Å². The van der Waals surface area contributed by atoms with Crippen molar-refractivity contribution in [2.24, 2.45) is 34.3 Å². The van der Waals surface area contributed by atoms with Crippen molar-refractivity contribution < 1.29 is 4.79 Å². The number of nitrogens with two attached hydrogens (primary N) is 1. The van der Waals surface area contributed by atoms with Crippen LogP contribution in [0.3, 0.4) is 0 Å². The van der Waals surface area contributed by atoms with Crippen molar-refractivity contribution in [2.75, 3.05) is 0 Å². The van der Waals surface area contributed by atoms with Gasteiger partial charge < -0.3 is 5.73 Å². The molecule has 0 aromatic heterocycles. The lowest BCUT2D eigenvalue weighted by molar-refractivity contribution is -0.128. The van der Waals surface area contributed by atoms with Crippen molar-refractivity contribution in [3.8, 4) is 0 Å². The summed E-state index contributed by atoms with van der Waals surface area (Å²) in [5.41, 5.74) is 8.30. The highest BCUT2D eigenvalue weighted by molar-refractivity contribution is 5.88. The van der Waals surface area contributed by atoms with E-state index in [1.165, 1.54) is 38.5 Å². The fraction of sp³-hybridized carbons (Fsp3) is 0.842. The van der Waals surface area contributed by atoms with Gasteiger partial charge in [0.15, 0.2) is 0 Å². The number of carbonyl (C=O) groups excluding carboxylic acids is 1. The van der Waals surface area contributed by atoms with E-state index >= 15 is 0 Å². The molecule has 4 aliphatic rings. The van der Waals surface area contributed by atoms with Gasteiger partial charge in [0.05, 0.1) is 0 Å². The number of carbonyl (C=O) groups is 1. The molecule has 0 radical (unpaired) electrons. The topological polar surface area (TPSA) is 43.1 Å². The summed E-state index contributed by atoms with van der Waals surface area (Å²) in [6, 6.07) is -0.0544. The molecule has 2 N–H and O–H groups in total. The highest BCUT2D eigenvalue weighted by Gasteiger charge is 2.59. The lowest BCUT2D eigenvalue weighted by atomic mass is 9.49. The first-order valence-corrected chi connectivity index (χ1v) is 8.99. The molecule has 21 heavy (non-hydrogen) atoms.